The molecule has 0 N–H and O–H groups in total. The third-order valence-corrected chi connectivity index (χ3v) is 4.72. The topological polar surface area (TPSA) is 40.6 Å². The minimum Gasteiger partial charge on any atom is -0.369 e. The van der Waals surface area contributed by atoms with Gasteiger partial charge in [-0.3, -0.25) is 0 Å². The SMILES string of the molecule is Cc1ccc(C)c(N2CCN(S(C)(=O)=O)CC2)c1. The fourth-order valence-electron chi connectivity index (χ4n) is 2.32. The van der Waals surface area contributed by atoms with Crippen LogP contribution in [0.15, 0.2) is 18.2 Å². The largest absolute Gasteiger partial charge is 0.369 e. The van der Waals surface area contributed by atoms with Crippen molar-refractivity contribution in [2.75, 3.05) is 37.3 Å². The van der Waals surface area contributed by atoms with Crippen LogP contribution in [0.4, 0.5) is 5.69 Å². The summed E-state index contributed by atoms with van der Waals surface area (Å²) in [6.07, 6.45) is 1.28. The molecule has 0 aliphatic carbocycles. The first-order valence-corrected chi connectivity index (χ1v) is 8.00. The number of rotatable bonds is 2. The Morgan fingerprint density at radius 1 is 1.06 bits per heavy atom. The van der Waals surface area contributed by atoms with Crippen LogP contribution in [0.5, 0.6) is 0 Å². The molecule has 1 heterocycles. The lowest BCUT2D eigenvalue weighted by Gasteiger charge is -2.35. The number of aryl methyl sites for hydroxylation is 2. The summed E-state index contributed by atoms with van der Waals surface area (Å²) in [5.74, 6) is 0. The van der Waals surface area contributed by atoms with Gasteiger partial charge in [-0.1, -0.05) is 12.1 Å². The number of piperazine rings is 1. The first-order valence-electron chi connectivity index (χ1n) is 6.15. The van der Waals surface area contributed by atoms with Crippen molar-refractivity contribution in [1.29, 1.82) is 0 Å². The number of benzene rings is 1. The van der Waals surface area contributed by atoms with E-state index in [9.17, 15) is 8.42 Å². The molecule has 1 aliphatic heterocycles. The summed E-state index contributed by atoms with van der Waals surface area (Å²) in [4.78, 5) is 2.27. The van der Waals surface area contributed by atoms with Crippen LogP contribution in [-0.2, 0) is 10.0 Å². The highest BCUT2D eigenvalue weighted by atomic mass is 32.2. The van der Waals surface area contributed by atoms with Crippen LogP contribution in [0, 0.1) is 13.8 Å². The monoisotopic (exact) mass is 268 g/mol. The molecule has 0 amide bonds. The van der Waals surface area contributed by atoms with E-state index in [1.54, 1.807) is 4.31 Å². The second-order valence-electron chi connectivity index (χ2n) is 4.94. The van der Waals surface area contributed by atoms with E-state index >= 15 is 0 Å². The van der Waals surface area contributed by atoms with E-state index in [0.29, 0.717) is 13.1 Å². The summed E-state index contributed by atoms with van der Waals surface area (Å²) >= 11 is 0. The molecule has 0 atom stereocenters. The molecule has 1 fully saturated rings. The van der Waals surface area contributed by atoms with E-state index < -0.39 is 10.0 Å². The number of nitrogens with zero attached hydrogens (tertiary/aromatic N) is 2. The predicted octanol–water partition coefficient (Wildman–Crippen LogP) is 1.39. The van der Waals surface area contributed by atoms with Gasteiger partial charge in [-0.25, -0.2) is 8.42 Å². The average Bonchev–Trinajstić information content (AvgIpc) is 2.31. The van der Waals surface area contributed by atoms with Crippen molar-refractivity contribution in [3.8, 4) is 0 Å². The Hall–Kier alpha value is -1.07. The van der Waals surface area contributed by atoms with Gasteiger partial charge in [0.2, 0.25) is 10.0 Å². The third kappa shape index (κ3) is 2.84. The third-order valence-electron chi connectivity index (χ3n) is 3.41. The van der Waals surface area contributed by atoms with E-state index in [1.165, 1.54) is 23.1 Å². The minimum absolute atomic E-state index is 0.576. The summed E-state index contributed by atoms with van der Waals surface area (Å²) in [6.45, 7) is 6.85. The molecule has 1 aliphatic rings. The Morgan fingerprint density at radius 2 is 1.67 bits per heavy atom. The van der Waals surface area contributed by atoms with Crippen LogP contribution in [0.1, 0.15) is 11.1 Å². The van der Waals surface area contributed by atoms with Crippen molar-refractivity contribution in [3.05, 3.63) is 29.3 Å². The zero-order chi connectivity index (χ0) is 13.3. The van der Waals surface area contributed by atoms with Gasteiger partial charge in [0.05, 0.1) is 6.26 Å². The summed E-state index contributed by atoms with van der Waals surface area (Å²) in [7, 11) is -3.04. The van der Waals surface area contributed by atoms with Gasteiger partial charge in [0.15, 0.2) is 0 Å². The summed E-state index contributed by atoms with van der Waals surface area (Å²) in [5.41, 5.74) is 3.71. The van der Waals surface area contributed by atoms with Crippen LogP contribution in [0.3, 0.4) is 0 Å². The minimum atomic E-state index is -3.04. The van der Waals surface area contributed by atoms with Crippen molar-refractivity contribution < 1.29 is 8.42 Å². The summed E-state index contributed by atoms with van der Waals surface area (Å²) in [6, 6.07) is 6.39. The number of hydrogen-bond donors (Lipinski definition) is 0. The van der Waals surface area contributed by atoms with E-state index in [-0.39, 0.29) is 0 Å². The molecule has 0 bridgehead atoms. The molecule has 100 valence electrons. The van der Waals surface area contributed by atoms with Crippen LogP contribution in [0.2, 0.25) is 0 Å². The number of hydrogen-bond acceptors (Lipinski definition) is 3. The molecule has 0 spiro atoms. The van der Waals surface area contributed by atoms with Crippen molar-refractivity contribution in [2.24, 2.45) is 0 Å². The Bertz CT molecular complexity index is 532. The molecular formula is C13H20N2O2S. The van der Waals surface area contributed by atoms with Gasteiger partial charge in [0, 0.05) is 31.9 Å². The van der Waals surface area contributed by atoms with Crippen LogP contribution in [0.25, 0.3) is 0 Å². The average molecular weight is 268 g/mol. The second-order valence-corrected chi connectivity index (χ2v) is 6.92. The highest BCUT2D eigenvalue weighted by molar-refractivity contribution is 7.88. The molecule has 2 rings (SSSR count). The van der Waals surface area contributed by atoms with E-state index in [0.717, 1.165) is 13.1 Å². The Kier molecular flexibility index (Phi) is 3.64. The van der Waals surface area contributed by atoms with Crippen LogP contribution < -0.4 is 4.90 Å². The molecule has 5 heteroatoms. The lowest BCUT2D eigenvalue weighted by Crippen LogP contribution is -2.48. The Labute approximate surface area is 109 Å². The maximum atomic E-state index is 11.5. The van der Waals surface area contributed by atoms with Gasteiger partial charge in [0.1, 0.15) is 0 Å². The molecule has 4 nitrogen and oxygen atoms in total. The normalized spacial score (nSPS) is 18.1. The maximum Gasteiger partial charge on any atom is 0.211 e. The molecule has 1 saturated heterocycles. The molecule has 18 heavy (non-hydrogen) atoms. The molecule has 0 aromatic heterocycles. The van der Waals surface area contributed by atoms with Crippen LogP contribution in [-0.4, -0.2) is 45.2 Å². The van der Waals surface area contributed by atoms with E-state index in [1.807, 2.05) is 0 Å². The molecule has 0 radical (unpaired) electrons. The number of sulfonamides is 1. The molecular weight excluding hydrogens is 248 g/mol. The zero-order valence-corrected chi connectivity index (χ0v) is 12.0. The Morgan fingerprint density at radius 3 is 2.22 bits per heavy atom. The summed E-state index contributed by atoms with van der Waals surface area (Å²) in [5, 5.41) is 0. The highest BCUT2D eigenvalue weighted by Gasteiger charge is 2.23. The second kappa shape index (κ2) is 4.90. The Balaban J connectivity index is 2.12. The van der Waals surface area contributed by atoms with E-state index in [4.69, 9.17) is 0 Å². The standard InChI is InChI=1S/C13H20N2O2S/c1-11-4-5-12(2)13(10-11)14-6-8-15(9-7-14)18(3,16)17/h4-5,10H,6-9H2,1-3H3. The molecule has 1 aromatic carbocycles. The van der Waals surface area contributed by atoms with Gasteiger partial charge in [-0.05, 0) is 31.0 Å². The highest BCUT2D eigenvalue weighted by Crippen LogP contribution is 2.23. The lowest BCUT2D eigenvalue weighted by atomic mass is 10.1. The van der Waals surface area contributed by atoms with Crippen molar-refractivity contribution >= 4 is 15.7 Å². The van der Waals surface area contributed by atoms with Gasteiger partial charge >= 0.3 is 0 Å². The van der Waals surface area contributed by atoms with Crippen LogP contribution >= 0.6 is 0 Å². The summed E-state index contributed by atoms with van der Waals surface area (Å²) < 4.78 is 24.5. The van der Waals surface area contributed by atoms with Gasteiger partial charge < -0.3 is 4.90 Å². The maximum absolute atomic E-state index is 11.5. The zero-order valence-electron chi connectivity index (χ0n) is 11.2. The van der Waals surface area contributed by atoms with Gasteiger partial charge in [-0.15, -0.1) is 0 Å². The predicted molar refractivity (Wildman–Crippen MR) is 74.5 cm³/mol. The molecule has 0 unspecified atom stereocenters. The van der Waals surface area contributed by atoms with Gasteiger partial charge in [0.25, 0.3) is 0 Å². The first kappa shape index (κ1) is 13.4. The molecule has 1 aromatic rings. The fourth-order valence-corrected chi connectivity index (χ4v) is 3.15. The fraction of sp³-hybridized carbons (Fsp3) is 0.538. The smallest absolute Gasteiger partial charge is 0.211 e. The van der Waals surface area contributed by atoms with Crippen molar-refractivity contribution in [3.63, 3.8) is 0 Å². The first-order chi connectivity index (χ1) is 8.38. The van der Waals surface area contributed by atoms with Crippen molar-refractivity contribution in [2.45, 2.75) is 13.8 Å². The van der Waals surface area contributed by atoms with E-state index in [2.05, 4.69) is 36.9 Å². The van der Waals surface area contributed by atoms with Crippen molar-refractivity contribution in [1.82, 2.24) is 4.31 Å². The quantitative estimate of drug-likeness (QED) is 0.814. The lowest BCUT2D eigenvalue weighted by molar-refractivity contribution is 0.388. The number of anilines is 1. The van der Waals surface area contributed by atoms with Gasteiger partial charge in [-0.2, -0.15) is 4.31 Å². The molecule has 0 saturated carbocycles.